The Hall–Kier alpha value is -2.26. The standard InChI is InChI=1S/C16H16F3NO4S/c1-20(11-12-4-3-5-14(10-12)23-2)25(21,22)15-8-6-13(7-9-15)24-16(17,18)19/h3-10H,11H2,1-2H3. The summed E-state index contributed by atoms with van der Waals surface area (Å²) >= 11 is 0. The normalized spacial score (nSPS) is 12.2. The minimum absolute atomic E-state index is 0.0837. The average molecular weight is 375 g/mol. The van der Waals surface area contributed by atoms with E-state index in [1.54, 1.807) is 24.3 Å². The van der Waals surface area contributed by atoms with Crippen LogP contribution in [0, 0.1) is 0 Å². The monoisotopic (exact) mass is 375 g/mol. The van der Waals surface area contributed by atoms with Gasteiger partial charge in [-0.15, -0.1) is 13.2 Å². The van der Waals surface area contributed by atoms with Crippen LogP contribution in [0.15, 0.2) is 53.4 Å². The van der Waals surface area contributed by atoms with Gasteiger partial charge >= 0.3 is 6.36 Å². The van der Waals surface area contributed by atoms with Crippen molar-refractivity contribution in [3.63, 3.8) is 0 Å². The van der Waals surface area contributed by atoms with E-state index in [4.69, 9.17) is 4.74 Å². The van der Waals surface area contributed by atoms with Crippen molar-refractivity contribution in [1.29, 1.82) is 0 Å². The molecule has 25 heavy (non-hydrogen) atoms. The fraction of sp³-hybridized carbons (Fsp3) is 0.250. The van der Waals surface area contributed by atoms with Crippen LogP contribution < -0.4 is 9.47 Å². The minimum Gasteiger partial charge on any atom is -0.497 e. The van der Waals surface area contributed by atoms with Gasteiger partial charge in [-0.25, -0.2) is 8.42 Å². The van der Waals surface area contributed by atoms with E-state index < -0.39 is 22.1 Å². The van der Waals surface area contributed by atoms with Crippen LogP contribution >= 0.6 is 0 Å². The second-order valence-electron chi connectivity index (χ2n) is 5.13. The predicted octanol–water partition coefficient (Wildman–Crippen LogP) is 3.41. The Balaban J connectivity index is 2.16. The average Bonchev–Trinajstić information content (AvgIpc) is 2.54. The van der Waals surface area contributed by atoms with Crippen LogP contribution in [0.4, 0.5) is 13.2 Å². The first kappa shape index (κ1) is 19.1. The van der Waals surface area contributed by atoms with Crippen molar-refractivity contribution in [3.8, 4) is 11.5 Å². The Morgan fingerprint density at radius 1 is 1.04 bits per heavy atom. The molecule has 0 N–H and O–H groups in total. The molecule has 2 aromatic rings. The van der Waals surface area contributed by atoms with Gasteiger partial charge in [0.2, 0.25) is 10.0 Å². The molecule has 0 saturated heterocycles. The molecule has 136 valence electrons. The van der Waals surface area contributed by atoms with Crippen LogP contribution in [-0.2, 0) is 16.6 Å². The van der Waals surface area contributed by atoms with Crippen LogP contribution in [0.2, 0.25) is 0 Å². The Kier molecular flexibility index (Phi) is 5.58. The lowest BCUT2D eigenvalue weighted by Gasteiger charge is -2.18. The Bertz CT molecular complexity index is 820. The van der Waals surface area contributed by atoms with Gasteiger partial charge < -0.3 is 9.47 Å². The fourth-order valence-electron chi connectivity index (χ4n) is 2.11. The van der Waals surface area contributed by atoms with Crippen molar-refractivity contribution in [2.45, 2.75) is 17.8 Å². The highest BCUT2D eigenvalue weighted by Crippen LogP contribution is 2.25. The molecule has 0 amide bonds. The lowest BCUT2D eigenvalue weighted by atomic mass is 10.2. The molecule has 0 spiro atoms. The molecule has 0 radical (unpaired) electrons. The molecule has 0 atom stereocenters. The van der Waals surface area contributed by atoms with E-state index in [1.165, 1.54) is 14.2 Å². The number of rotatable bonds is 6. The van der Waals surface area contributed by atoms with Crippen LogP contribution in [0.3, 0.4) is 0 Å². The number of methoxy groups -OCH3 is 1. The van der Waals surface area contributed by atoms with Crippen molar-refractivity contribution in [2.24, 2.45) is 0 Å². The molecule has 2 rings (SSSR count). The topological polar surface area (TPSA) is 55.8 Å². The highest BCUT2D eigenvalue weighted by Gasteiger charge is 2.31. The highest BCUT2D eigenvalue weighted by molar-refractivity contribution is 7.89. The van der Waals surface area contributed by atoms with Crippen LogP contribution in [-0.4, -0.2) is 33.2 Å². The summed E-state index contributed by atoms with van der Waals surface area (Å²) in [6, 6.07) is 11.0. The molecular weight excluding hydrogens is 359 g/mol. The maximum atomic E-state index is 12.5. The Labute approximate surface area is 143 Å². The Morgan fingerprint density at radius 2 is 1.68 bits per heavy atom. The third-order valence-electron chi connectivity index (χ3n) is 3.30. The van der Waals surface area contributed by atoms with Crippen molar-refractivity contribution < 1.29 is 31.1 Å². The number of alkyl halides is 3. The van der Waals surface area contributed by atoms with Crippen molar-refractivity contribution >= 4 is 10.0 Å². The number of hydrogen-bond acceptors (Lipinski definition) is 4. The van der Waals surface area contributed by atoms with Crippen molar-refractivity contribution in [3.05, 3.63) is 54.1 Å². The molecule has 0 aliphatic rings. The quantitative estimate of drug-likeness (QED) is 0.776. The third kappa shape index (κ3) is 5.10. The number of halogens is 3. The van der Waals surface area contributed by atoms with E-state index >= 15 is 0 Å². The molecule has 0 aliphatic carbocycles. The highest BCUT2D eigenvalue weighted by atomic mass is 32.2. The second-order valence-corrected chi connectivity index (χ2v) is 7.18. The van der Waals surface area contributed by atoms with Crippen LogP contribution in [0.25, 0.3) is 0 Å². The largest absolute Gasteiger partial charge is 0.573 e. The van der Waals surface area contributed by atoms with Gasteiger partial charge in [0.25, 0.3) is 0 Å². The lowest BCUT2D eigenvalue weighted by Crippen LogP contribution is -2.26. The number of hydrogen-bond donors (Lipinski definition) is 0. The number of sulfonamides is 1. The first-order valence-electron chi connectivity index (χ1n) is 7.07. The van der Waals surface area contributed by atoms with Crippen LogP contribution in [0.5, 0.6) is 11.5 Å². The van der Waals surface area contributed by atoms with Gasteiger partial charge in [-0.2, -0.15) is 4.31 Å². The maximum absolute atomic E-state index is 12.5. The molecule has 0 bridgehead atoms. The molecule has 2 aromatic carbocycles. The lowest BCUT2D eigenvalue weighted by molar-refractivity contribution is -0.274. The molecule has 5 nitrogen and oxygen atoms in total. The van der Waals surface area contributed by atoms with E-state index in [0.29, 0.717) is 11.3 Å². The van der Waals surface area contributed by atoms with Crippen molar-refractivity contribution in [1.82, 2.24) is 4.31 Å². The zero-order chi connectivity index (χ0) is 18.7. The zero-order valence-electron chi connectivity index (χ0n) is 13.4. The second kappa shape index (κ2) is 7.32. The van der Waals surface area contributed by atoms with E-state index in [9.17, 15) is 21.6 Å². The third-order valence-corrected chi connectivity index (χ3v) is 5.12. The summed E-state index contributed by atoms with van der Waals surface area (Å²) in [5.41, 5.74) is 0.711. The molecule has 0 saturated carbocycles. The summed E-state index contributed by atoms with van der Waals surface area (Å²) in [6.45, 7) is 0.0837. The minimum atomic E-state index is -4.83. The maximum Gasteiger partial charge on any atom is 0.573 e. The van der Waals surface area contributed by atoms with Crippen molar-refractivity contribution in [2.75, 3.05) is 14.2 Å². The van der Waals surface area contributed by atoms with Gasteiger partial charge in [-0.1, -0.05) is 12.1 Å². The van der Waals surface area contributed by atoms with E-state index in [1.807, 2.05) is 0 Å². The van der Waals surface area contributed by atoms with E-state index in [2.05, 4.69) is 4.74 Å². The summed E-state index contributed by atoms with van der Waals surface area (Å²) < 4.78 is 71.4. The van der Waals surface area contributed by atoms with E-state index in [0.717, 1.165) is 28.6 Å². The van der Waals surface area contributed by atoms with Gasteiger partial charge in [-0.05, 0) is 42.0 Å². The molecule has 0 aliphatic heterocycles. The summed E-state index contributed by atoms with van der Waals surface area (Å²) in [5, 5.41) is 0. The zero-order valence-corrected chi connectivity index (χ0v) is 14.3. The summed E-state index contributed by atoms with van der Waals surface area (Å²) in [7, 11) is -0.974. The van der Waals surface area contributed by atoms with Gasteiger partial charge in [0, 0.05) is 13.6 Å². The summed E-state index contributed by atoms with van der Waals surface area (Å²) in [4.78, 5) is -0.132. The predicted molar refractivity (Wildman–Crippen MR) is 84.8 cm³/mol. The number of ether oxygens (including phenoxy) is 2. The number of benzene rings is 2. The van der Waals surface area contributed by atoms with Gasteiger partial charge in [-0.3, -0.25) is 0 Å². The summed E-state index contributed by atoms with van der Waals surface area (Å²) in [6.07, 6.45) is -4.83. The first-order chi connectivity index (χ1) is 11.6. The Morgan fingerprint density at radius 3 is 2.24 bits per heavy atom. The van der Waals surface area contributed by atoms with Gasteiger partial charge in [0.1, 0.15) is 11.5 Å². The molecule has 0 aromatic heterocycles. The molecular formula is C16H16F3NO4S. The molecule has 0 fully saturated rings. The fourth-order valence-corrected chi connectivity index (χ4v) is 3.27. The molecule has 0 unspecified atom stereocenters. The smallest absolute Gasteiger partial charge is 0.497 e. The first-order valence-corrected chi connectivity index (χ1v) is 8.51. The number of nitrogens with zero attached hydrogens (tertiary/aromatic N) is 1. The molecule has 0 heterocycles. The summed E-state index contributed by atoms with van der Waals surface area (Å²) in [5.74, 6) is 0.110. The van der Waals surface area contributed by atoms with E-state index in [-0.39, 0.29) is 11.4 Å². The molecule has 9 heteroatoms. The van der Waals surface area contributed by atoms with Crippen LogP contribution in [0.1, 0.15) is 5.56 Å². The van der Waals surface area contributed by atoms with Gasteiger partial charge in [0.15, 0.2) is 0 Å². The SMILES string of the molecule is COc1cccc(CN(C)S(=O)(=O)c2ccc(OC(F)(F)F)cc2)c1. The van der Waals surface area contributed by atoms with Gasteiger partial charge in [0.05, 0.1) is 12.0 Å².